The molecule has 3 aromatic carbocycles. The molecule has 0 N–H and O–H groups in total. The average molecular weight is 506 g/mol. The topological polar surface area (TPSA) is 72.3 Å². The van der Waals surface area contributed by atoms with Crippen molar-refractivity contribution < 1.29 is 17.6 Å². The summed E-state index contributed by atoms with van der Waals surface area (Å²) in [5.41, 5.74) is 3.01. The molecule has 0 atom stereocenters. The molecule has 0 saturated carbocycles. The second-order valence-electron chi connectivity index (χ2n) is 8.59. The first-order valence-electron chi connectivity index (χ1n) is 11.7. The molecule has 0 spiro atoms. The smallest absolute Gasteiger partial charge is 0.257 e. The third kappa shape index (κ3) is 5.54. The number of sulfone groups is 1. The van der Waals surface area contributed by atoms with Gasteiger partial charge in [0.2, 0.25) is 15.0 Å². The van der Waals surface area contributed by atoms with E-state index in [4.69, 9.17) is 0 Å². The SMILES string of the molecule is CCN(Cc1cnc(S(=O)(=O)Cc2ccccc2C)n1Cc1ccccc1)C(=O)c1ccccc1F. The first-order valence-corrected chi connectivity index (χ1v) is 13.3. The summed E-state index contributed by atoms with van der Waals surface area (Å²) in [7, 11) is -3.80. The molecule has 36 heavy (non-hydrogen) atoms. The van der Waals surface area contributed by atoms with Gasteiger partial charge in [-0.15, -0.1) is 0 Å². The number of hydrogen-bond acceptors (Lipinski definition) is 4. The van der Waals surface area contributed by atoms with E-state index in [1.807, 2.05) is 55.5 Å². The van der Waals surface area contributed by atoms with Crippen LogP contribution in [0.2, 0.25) is 0 Å². The van der Waals surface area contributed by atoms with E-state index in [-0.39, 0.29) is 29.6 Å². The van der Waals surface area contributed by atoms with Crippen LogP contribution in [0.1, 0.15) is 39.7 Å². The molecule has 6 nitrogen and oxygen atoms in total. The van der Waals surface area contributed by atoms with E-state index < -0.39 is 21.6 Å². The summed E-state index contributed by atoms with van der Waals surface area (Å²) in [4.78, 5) is 18.9. The predicted octanol–water partition coefficient (Wildman–Crippen LogP) is 5.02. The lowest BCUT2D eigenvalue weighted by molar-refractivity contribution is 0.0744. The van der Waals surface area contributed by atoms with Gasteiger partial charge in [-0.05, 0) is 42.7 Å². The molecule has 0 unspecified atom stereocenters. The summed E-state index contributed by atoms with van der Waals surface area (Å²) in [5.74, 6) is -1.25. The van der Waals surface area contributed by atoms with E-state index in [2.05, 4.69) is 4.98 Å². The largest absolute Gasteiger partial charge is 0.333 e. The molecular weight excluding hydrogens is 477 g/mol. The van der Waals surface area contributed by atoms with Crippen molar-refractivity contribution in [3.8, 4) is 0 Å². The second kappa shape index (κ2) is 10.9. The summed E-state index contributed by atoms with van der Waals surface area (Å²) in [6, 6.07) is 22.7. The Morgan fingerprint density at radius 2 is 1.64 bits per heavy atom. The van der Waals surface area contributed by atoms with Gasteiger partial charge in [-0.2, -0.15) is 0 Å². The van der Waals surface area contributed by atoms with Crippen molar-refractivity contribution in [1.29, 1.82) is 0 Å². The summed E-state index contributed by atoms with van der Waals surface area (Å²) < 4.78 is 43.0. The van der Waals surface area contributed by atoms with Crippen LogP contribution in [0.3, 0.4) is 0 Å². The Bertz CT molecular complexity index is 1470. The van der Waals surface area contributed by atoms with Crippen molar-refractivity contribution in [3.05, 3.63) is 119 Å². The van der Waals surface area contributed by atoms with Crippen LogP contribution in [-0.4, -0.2) is 35.3 Å². The highest BCUT2D eigenvalue weighted by atomic mass is 32.2. The molecule has 1 heterocycles. The Labute approximate surface area is 211 Å². The van der Waals surface area contributed by atoms with Crippen molar-refractivity contribution in [3.63, 3.8) is 0 Å². The number of aromatic nitrogens is 2. The third-order valence-electron chi connectivity index (χ3n) is 6.10. The maximum Gasteiger partial charge on any atom is 0.257 e. The van der Waals surface area contributed by atoms with E-state index in [1.165, 1.54) is 29.3 Å². The minimum atomic E-state index is -3.80. The molecule has 0 aliphatic rings. The fourth-order valence-corrected chi connectivity index (χ4v) is 5.66. The number of hydrogen-bond donors (Lipinski definition) is 0. The Balaban J connectivity index is 1.72. The average Bonchev–Trinajstić information content (AvgIpc) is 3.27. The number of amides is 1. The summed E-state index contributed by atoms with van der Waals surface area (Å²) in [5, 5.41) is -0.0565. The summed E-state index contributed by atoms with van der Waals surface area (Å²) in [6.45, 7) is 4.34. The molecule has 4 rings (SSSR count). The zero-order valence-electron chi connectivity index (χ0n) is 20.3. The third-order valence-corrected chi connectivity index (χ3v) is 7.67. The Morgan fingerprint density at radius 3 is 2.33 bits per heavy atom. The van der Waals surface area contributed by atoms with Crippen LogP contribution >= 0.6 is 0 Å². The van der Waals surface area contributed by atoms with Gasteiger partial charge in [-0.1, -0.05) is 66.7 Å². The van der Waals surface area contributed by atoms with Gasteiger partial charge in [0.05, 0.1) is 36.3 Å². The van der Waals surface area contributed by atoms with Gasteiger partial charge in [0, 0.05) is 6.54 Å². The molecule has 0 fully saturated rings. The quantitative estimate of drug-likeness (QED) is 0.320. The molecule has 0 saturated heterocycles. The lowest BCUT2D eigenvalue weighted by Gasteiger charge is -2.22. The molecule has 0 radical (unpaired) electrons. The standard InChI is InChI=1S/C28H28FN3O3S/c1-3-31(27(33)25-15-9-10-16-26(25)29)19-24-17-30-28(32(24)18-22-12-5-4-6-13-22)36(34,35)20-23-14-8-7-11-21(23)2/h4-17H,3,18-20H2,1-2H3. The predicted molar refractivity (Wildman–Crippen MR) is 137 cm³/mol. The van der Waals surface area contributed by atoms with Gasteiger partial charge in [0.25, 0.3) is 5.91 Å². The van der Waals surface area contributed by atoms with Crippen LogP contribution in [0.25, 0.3) is 0 Å². The number of nitrogens with zero attached hydrogens (tertiary/aromatic N) is 3. The van der Waals surface area contributed by atoms with Crippen molar-refractivity contribution in [2.24, 2.45) is 0 Å². The first-order chi connectivity index (χ1) is 17.3. The highest BCUT2D eigenvalue weighted by Gasteiger charge is 2.26. The molecule has 1 amide bonds. The van der Waals surface area contributed by atoms with Crippen LogP contribution in [-0.2, 0) is 28.7 Å². The Morgan fingerprint density at radius 1 is 0.972 bits per heavy atom. The van der Waals surface area contributed by atoms with E-state index in [9.17, 15) is 17.6 Å². The first kappa shape index (κ1) is 25.3. The van der Waals surface area contributed by atoms with Crippen LogP contribution in [0.15, 0.2) is 90.2 Å². The second-order valence-corrected chi connectivity index (χ2v) is 10.5. The summed E-state index contributed by atoms with van der Waals surface area (Å²) >= 11 is 0. The van der Waals surface area contributed by atoms with E-state index in [0.29, 0.717) is 17.8 Å². The zero-order chi connectivity index (χ0) is 25.7. The van der Waals surface area contributed by atoms with Crippen molar-refractivity contribution in [1.82, 2.24) is 14.5 Å². The van der Waals surface area contributed by atoms with Gasteiger partial charge < -0.3 is 9.47 Å². The lowest BCUT2D eigenvalue weighted by Crippen LogP contribution is -2.32. The fourth-order valence-electron chi connectivity index (χ4n) is 4.07. The molecule has 1 aromatic heterocycles. The van der Waals surface area contributed by atoms with Gasteiger partial charge in [0.15, 0.2) is 0 Å². The van der Waals surface area contributed by atoms with E-state index in [0.717, 1.165) is 11.1 Å². The molecule has 0 aliphatic heterocycles. The molecule has 186 valence electrons. The van der Waals surface area contributed by atoms with Crippen molar-refractivity contribution in [2.75, 3.05) is 6.54 Å². The molecule has 4 aromatic rings. The highest BCUT2D eigenvalue weighted by molar-refractivity contribution is 7.90. The van der Waals surface area contributed by atoms with Crippen LogP contribution < -0.4 is 0 Å². The number of imidazole rings is 1. The molecule has 0 bridgehead atoms. The molecule has 0 aliphatic carbocycles. The fraction of sp³-hybridized carbons (Fsp3) is 0.214. The number of carbonyl (C=O) groups excluding carboxylic acids is 1. The number of carbonyl (C=O) groups is 1. The van der Waals surface area contributed by atoms with Gasteiger partial charge in [-0.3, -0.25) is 4.79 Å². The maximum atomic E-state index is 14.3. The molecule has 8 heteroatoms. The minimum Gasteiger partial charge on any atom is -0.333 e. The summed E-state index contributed by atoms with van der Waals surface area (Å²) in [6.07, 6.45) is 1.49. The van der Waals surface area contributed by atoms with E-state index in [1.54, 1.807) is 23.6 Å². The van der Waals surface area contributed by atoms with Crippen molar-refractivity contribution >= 4 is 15.7 Å². The molecular formula is C28H28FN3O3S. The number of aryl methyl sites for hydroxylation is 1. The van der Waals surface area contributed by atoms with Crippen LogP contribution in [0.4, 0.5) is 4.39 Å². The monoisotopic (exact) mass is 505 g/mol. The maximum absolute atomic E-state index is 14.3. The number of rotatable bonds is 9. The lowest BCUT2D eigenvalue weighted by atomic mass is 10.1. The normalized spacial score (nSPS) is 11.4. The van der Waals surface area contributed by atoms with Gasteiger partial charge in [-0.25, -0.2) is 17.8 Å². The van der Waals surface area contributed by atoms with E-state index >= 15 is 0 Å². The van der Waals surface area contributed by atoms with Gasteiger partial charge >= 0.3 is 0 Å². The highest BCUT2D eigenvalue weighted by Crippen LogP contribution is 2.22. The number of halogens is 1. The van der Waals surface area contributed by atoms with Crippen molar-refractivity contribution in [2.45, 2.75) is 37.8 Å². The van der Waals surface area contributed by atoms with Gasteiger partial charge in [0.1, 0.15) is 5.82 Å². The van der Waals surface area contributed by atoms with Crippen LogP contribution in [0, 0.1) is 12.7 Å². The number of benzene rings is 3. The van der Waals surface area contributed by atoms with Crippen LogP contribution in [0.5, 0.6) is 0 Å². The minimum absolute atomic E-state index is 0.0270. The Hall–Kier alpha value is -3.78. The zero-order valence-corrected chi connectivity index (χ0v) is 21.1. The Kier molecular flexibility index (Phi) is 7.64.